The summed E-state index contributed by atoms with van der Waals surface area (Å²) < 4.78 is 17.9. The van der Waals surface area contributed by atoms with Crippen molar-refractivity contribution >= 4 is 40.1 Å². The molecule has 5 aliphatic heterocycles. The molecule has 4 aromatic rings. The summed E-state index contributed by atoms with van der Waals surface area (Å²) in [6.07, 6.45) is 10.6. The number of piperazine rings is 1. The number of halogens is 1. The lowest BCUT2D eigenvalue weighted by atomic mass is 10.00. The fraction of sp³-hybridized carbons (Fsp3) is 0.426. The highest BCUT2D eigenvalue weighted by molar-refractivity contribution is 6.16. The Labute approximate surface area is 397 Å². The van der Waals surface area contributed by atoms with Gasteiger partial charge in [-0.15, -0.1) is 0 Å². The van der Waals surface area contributed by atoms with E-state index < -0.39 is 0 Å². The average molecular weight is 905 g/mol. The summed E-state index contributed by atoms with van der Waals surface area (Å²) in [5.74, 6) is 2.09. The van der Waals surface area contributed by atoms with Crippen LogP contribution in [0.25, 0.3) is 17.0 Å². The van der Waals surface area contributed by atoms with Gasteiger partial charge in [0.05, 0.1) is 46.4 Å². The molecule has 352 valence electrons. The summed E-state index contributed by atoms with van der Waals surface area (Å²) in [4.78, 5) is 24.0. The van der Waals surface area contributed by atoms with Gasteiger partial charge >= 0.3 is 0 Å². The fourth-order valence-electron chi connectivity index (χ4n) is 10.9. The molecule has 0 saturated carbocycles. The molecule has 12 nitrogen and oxygen atoms in total. The lowest BCUT2D eigenvalue weighted by molar-refractivity contribution is 0.144. The van der Waals surface area contributed by atoms with Gasteiger partial charge in [-0.3, -0.25) is 14.6 Å². The number of fused-ring (bicyclic) bond motifs is 8. The van der Waals surface area contributed by atoms with Gasteiger partial charge < -0.3 is 35.1 Å². The largest absolute Gasteiger partial charge is 0.372 e. The van der Waals surface area contributed by atoms with E-state index in [1.165, 1.54) is 22.6 Å². The van der Waals surface area contributed by atoms with Crippen LogP contribution in [-0.4, -0.2) is 89.4 Å². The summed E-state index contributed by atoms with van der Waals surface area (Å²) in [6.45, 7) is 35.5. The number of aliphatic imine (C=N–C) groups is 1. The van der Waals surface area contributed by atoms with E-state index in [2.05, 4.69) is 106 Å². The lowest BCUT2D eigenvalue weighted by Crippen LogP contribution is -2.46. The summed E-state index contributed by atoms with van der Waals surface area (Å²) in [5.41, 5.74) is 13.8. The molecule has 0 amide bonds. The van der Waals surface area contributed by atoms with E-state index in [-0.39, 0.29) is 11.9 Å². The quantitative estimate of drug-likeness (QED) is 0.152. The van der Waals surface area contributed by atoms with Crippen molar-refractivity contribution in [2.24, 2.45) is 23.9 Å². The first-order valence-corrected chi connectivity index (χ1v) is 24.3. The van der Waals surface area contributed by atoms with Crippen molar-refractivity contribution in [2.45, 2.75) is 78.3 Å². The number of benzene rings is 2. The smallest absolute Gasteiger partial charge is 0.208 e. The molecule has 2 unspecified atom stereocenters. The summed E-state index contributed by atoms with van der Waals surface area (Å²) in [6, 6.07) is 14.4. The van der Waals surface area contributed by atoms with Gasteiger partial charge in [-0.1, -0.05) is 65.7 Å². The molecule has 0 aliphatic carbocycles. The van der Waals surface area contributed by atoms with Crippen molar-refractivity contribution in [3.63, 3.8) is 0 Å². The number of nitrogens with zero attached hydrogens (tertiary/aromatic N) is 10. The molecule has 9 rings (SSSR count). The van der Waals surface area contributed by atoms with Gasteiger partial charge in [0.25, 0.3) is 0 Å². The minimum atomic E-state index is -0.254. The number of aryl methyl sites for hydroxylation is 2. The van der Waals surface area contributed by atoms with Crippen LogP contribution in [0.1, 0.15) is 74.9 Å². The van der Waals surface area contributed by atoms with Crippen LogP contribution in [-0.2, 0) is 20.0 Å². The Kier molecular flexibility index (Phi) is 13.1. The fourth-order valence-corrected chi connectivity index (χ4v) is 10.9. The van der Waals surface area contributed by atoms with Crippen LogP contribution in [0.2, 0.25) is 0 Å². The topological polar surface area (TPSA) is 86.6 Å². The normalized spacial score (nSPS) is 21.1. The Morgan fingerprint density at radius 2 is 1.78 bits per heavy atom. The molecule has 0 spiro atoms. The first kappa shape index (κ1) is 45.8. The SMILES string of the molecule is C=CNC(=C)C(CCC)N1C(=C)N(C)c2c(N3CCC(C(=C)N4CCN(Cc5ccc6c(c5)N5C[C@H](C)CCCCc7c(cnn7C)-c7cc(cc(C)n7)C(=C)/N=C/5N6)CC4)C3)ccc(F)c21. The zero-order valence-corrected chi connectivity index (χ0v) is 40.4. The molecular formula is C54H69FN12. The second kappa shape index (κ2) is 19.1. The van der Waals surface area contributed by atoms with Gasteiger partial charge in [0.15, 0.2) is 0 Å². The van der Waals surface area contributed by atoms with Crippen molar-refractivity contribution < 1.29 is 4.39 Å². The zero-order valence-electron chi connectivity index (χ0n) is 40.4. The van der Waals surface area contributed by atoms with E-state index in [0.29, 0.717) is 23.2 Å². The third kappa shape index (κ3) is 8.98. The molecule has 0 radical (unpaired) electrons. The lowest BCUT2D eigenvalue weighted by Gasteiger charge is -2.38. The number of nitrogens with one attached hydrogen (secondary N) is 2. The summed E-state index contributed by atoms with van der Waals surface area (Å²) >= 11 is 0. The van der Waals surface area contributed by atoms with E-state index in [9.17, 15) is 0 Å². The van der Waals surface area contributed by atoms with Gasteiger partial charge in [-0.2, -0.15) is 5.10 Å². The number of aromatic nitrogens is 3. The maximum atomic E-state index is 15.9. The number of rotatable bonds is 11. The second-order valence-electron chi connectivity index (χ2n) is 19.3. The molecule has 2 bridgehead atoms. The predicted octanol–water partition coefficient (Wildman–Crippen LogP) is 9.85. The predicted molar refractivity (Wildman–Crippen MR) is 276 cm³/mol. The van der Waals surface area contributed by atoms with Crippen LogP contribution < -0.4 is 30.2 Å². The Morgan fingerprint density at radius 1 is 0.970 bits per heavy atom. The number of anilines is 5. The maximum absolute atomic E-state index is 15.9. The van der Waals surface area contributed by atoms with Gasteiger partial charge in [-0.25, -0.2) is 9.38 Å². The first-order chi connectivity index (χ1) is 32.3. The third-order valence-electron chi connectivity index (χ3n) is 14.6. The van der Waals surface area contributed by atoms with Crippen LogP contribution in [0.5, 0.6) is 0 Å². The number of pyridine rings is 1. The van der Waals surface area contributed by atoms with Gasteiger partial charge in [0, 0.05) is 106 Å². The van der Waals surface area contributed by atoms with Crippen molar-refractivity contribution in [1.29, 1.82) is 0 Å². The summed E-state index contributed by atoms with van der Waals surface area (Å²) in [5, 5.41) is 11.5. The minimum absolute atomic E-state index is 0.164. The van der Waals surface area contributed by atoms with Crippen molar-refractivity contribution in [3.8, 4) is 11.3 Å². The Morgan fingerprint density at radius 3 is 2.55 bits per heavy atom. The maximum Gasteiger partial charge on any atom is 0.208 e. The van der Waals surface area contributed by atoms with Crippen molar-refractivity contribution in [2.75, 3.05) is 77.8 Å². The van der Waals surface area contributed by atoms with E-state index in [4.69, 9.17) is 16.6 Å². The molecule has 2 aromatic carbocycles. The zero-order chi connectivity index (χ0) is 47.1. The van der Waals surface area contributed by atoms with E-state index >= 15 is 4.39 Å². The van der Waals surface area contributed by atoms with Crippen LogP contribution in [0, 0.1) is 24.6 Å². The van der Waals surface area contributed by atoms with Gasteiger partial charge in [0.2, 0.25) is 5.96 Å². The van der Waals surface area contributed by atoms with Crippen molar-refractivity contribution in [1.82, 2.24) is 29.9 Å². The molecule has 7 heterocycles. The minimum Gasteiger partial charge on any atom is -0.372 e. The van der Waals surface area contributed by atoms with Crippen LogP contribution in [0.15, 0.2) is 110 Å². The average Bonchev–Trinajstić information content (AvgIpc) is 4.09. The van der Waals surface area contributed by atoms with Crippen LogP contribution >= 0.6 is 0 Å². The van der Waals surface area contributed by atoms with Crippen molar-refractivity contribution in [3.05, 3.63) is 133 Å². The molecular weight excluding hydrogens is 836 g/mol. The summed E-state index contributed by atoms with van der Waals surface area (Å²) in [7, 11) is 4.02. The Bertz CT molecular complexity index is 2620. The van der Waals surface area contributed by atoms with Gasteiger partial charge in [-0.05, 0) is 93.1 Å². The van der Waals surface area contributed by atoms with E-state index in [1.807, 2.05) is 47.8 Å². The Hall–Kier alpha value is -6.34. The monoisotopic (exact) mass is 905 g/mol. The highest BCUT2D eigenvalue weighted by Gasteiger charge is 2.40. The standard InChI is InChI=1S/C54H69FN12/c1-11-15-48(38(6)56-12-2)67-40(8)61(9)53-50(21-19-45(55)52(53)67)65-23-22-42(34-65)39(7)64-26-24-63(25-27-64)33-41-18-20-46-51(29-41)66-32-35(3)16-13-14-17-49-44(31-57-62(49)10)47-30-43(28-36(4)58-47)37(5)59-54(66)60-46/h12,18-21,28-31,35,42,48,56H,2,5-8,11,13-17,22-27,32-34H2,1,3-4,9-10H3,(H,59,60)/t35-,42?,48?/m1/s1. The number of hydrogen-bond donors (Lipinski definition) is 2. The molecule has 5 aliphatic rings. The van der Waals surface area contributed by atoms with Gasteiger partial charge in [0.1, 0.15) is 17.3 Å². The highest BCUT2D eigenvalue weighted by Crippen LogP contribution is 2.51. The number of guanidine groups is 1. The van der Waals surface area contributed by atoms with E-state index in [0.717, 1.165) is 154 Å². The molecule has 2 N–H and O–H groups in total. The molecule has 67 heavy (non-hydrogen) atoms. The molecule has 2 saturated heterocycles. The second-order valence-corrected chi connectivity index (χ2v) is 19.3. The van der Waals surface area contributed by atoms with Crippen LogP contribution in [0.3, 0.4) is 0 Å². The third-order valence-corrected chi connectivity index (χ3v) is 14.6. The van der Waals surface area contributed by atoms with E-state index in [1.54, 1.807) is 12.3 Å². The molecule has 13 heteroatoms. The highest BCUT2D eigenvalue weighted by atomic mass is 19.1. The first-order valence-electron chi connectivity index (χ1n) is 24.3. The van der Waals surface area contributed by atoms with Crippen LogP contribution in [0.4, 0.5) is 32.8 Å². The molecule has 2 aromatic heterocycles. The number of hydrogen-bond acceptors (Lipinski definition) is 11. The Balaban J connectivity index is 0.856. The molecule has 3 atom stereocenters. The molecule has 2 fully saturated rings.